The average Bonchev–Trinajstić information content (AvgIpc) is 2.56. The molecule has 0 aliphatic heterocycles. The number of aromatic nitrogens is 2. The van der Waals surface area contributed by atoms with Crippen LogP contribution in [0.15, 0.2) is 0 Å². The van der Waals surface area contributed by atoms with Crippen LogP contribution >= 0.6 is 11.6 Å². The third kappa shape index (κ3) is 2.71. The fourth-order valence-corrected chi connectivity index (χ4v) is 3.09. The highest BCUT2D eigenvalue weighted by Gasteiger charge is 2.36. The lowest BCUT2D eigenvalue weighted by molar-refractivity contribution is -0.0582. The zero-order valence-corrected chi connectivity index (χ0v) is 12.0. The second kappa shape index (κ2) is 5.19. The molecule has 0 amide bonds. The summed E-state index contributed by atoms with van der Waals surface area (Å²) in [6.07, 6.45) is 4.21. The van der Waals surface area contributed by atoms with E-state index in [2.05, 4.69) is 5.10 Å². The van der Waals surface area contributed by atoms with Gasteiger partial charge in [0.25, 0.3) is 0 Å². The fourth-order valence-electron chi connectivity index (χ4n) is 2.85. The lowest BCUT2D eigenvalue weighted by atomic mass is 9.79. The number of methoxy groups -OCH3 is 1. The molecule has 5 heteroatoms. The monoisotopic (exact) mass is 272 g/mol. The van der Waals surface area contributed by atoms with Crippen molar-refractivity contribution in [2.24, 2.45) is 7.05 Å². The van der Waals surface area contributed by atoms with Gasteiger partial charge in [-0.05, 0) is 26.2 Å². The predicted octanol–water partition coefficient (Wildman–Crippen LogP) is 2.24. The average molecular weight is 273 g/mol. The molecular formula is C13H21ClN2O2. The van der Waals surface area contributed by atoms with Crippen molar-refractivity contribution >= 4 is 11.6 Å². The van der Waals surface area contributed by atoms with Gasteiger partial charge in [0.1, 0.15) is 5.15 Å². The van der Waals surface area contributed by atoms with Gasteiger partial charge in [-0.3, -0.25) is 4.68 Å². The summed E-state index contributed by atoms with van der Waals surface area (Å²) in [5.41, 5.74) is 1.14. The molecule has 4 nitrogen and oxygen atoms in total. The Kier molecular flexibility index (Phi) is 3.99. The minimum atomic E-state index is -0.712. The summed E-state index contributed by atoms with van der Waals surface area (Å²) in [5, 5.41) is 15.6. The molecule has 1 aliphatic rings. The van der Waals surface area contributed by atoms with Crippen molar-refractivity contribution < 1.29 is 9.84 Å². The van der Waals surface area contributed by atoms with Crippen LogP contribution in [-0.4, -0.2) is 33.7 Å². The van der Waals surface area contributed by atoms with Crippen LogP contribution in [0.1, 0.15) is 36.9 Å². The van der Waals surface area contributed by atoms with Gasteiger partial charge in [-0.2, -0.15) is 5.10 Å². The normalized spacial score (nSPS) is 28.6. The fraction of sp³-hybridized carbons (Fsp3) is 0.769. The number of hydrogen-bond acceptors (Lipinski definition) is 3. The minimum Gasteiger partial charge on any atom is -0.389 e. The first-order chi connectivity index (χ1) is 8.45. The summed E-state index contributed by atoms with van der Waals surface area (Å²) in [7, 11) is 3.53. The largest absolute Gasteiger partial charge is 0.389 e. The molecule has 18 heavy (non-hydrogen) atoms. The first-order valence-corrected chi connectivity index (χ1v) is 6.76. The lowest BCUT2D eigenvalue weighted by Gasteiger charge is -2.36. The Hall–Kier alpha value is -0.580. The first-order valence-electron chi connectivity index (χ1n) is 6.38. The van der Waals surface area contributed by atoms with Crippen LogP contribution < -0.4 is 0 Å². The Morgan fingerprint density at radius 3 is 2.89 bits per heavy atom. The molecule has 0 spiro atoms. The number of rotatable bonds is 3. The molecule has 1 aromatic rings. The Bertz CT molecular complexity index is 433. The van der Waals surface area contributed by atoms with Crippen molar-refractivity contribution in [2.45, 2.75) is 50.7 Å². The summed E-state index contributed by atoms with van der Waals surface area (Å²) < 4.78 is 7.04. The van der Waals surface area contributed by atoms with Crippen molar-refractivity contribution in [1.82, 2.24) is 9.78 Å². The maximum absolute atomic E-state index is 10.7. The molecule has 1 aromatic heterocycles. The van der Waals surface area contributed by atoms with E-state index in [0.29, 0.717) is 18.0 Å². The number of halogens is 1. The van der Waals surface area contributed by atoms with Crippen molar-refractivity contribution in [1.29, 1.82) is 0 Å². The number of ether oxygens (including phenoxy) is 1. The van der Waals surface area contributed by atoms with Gasteiger partial charge in [-0.15, -0.1) is 0 Å². The smallest absolute Gasteiger partial charge is 0.130 e. The number of hydrogen-bond donors (Lipinski definition) is 1. The molecule has 0 radical (unpaired) electrons. The van der Waals surface area contributed by atoms with Gasteiger partial charge in [0.15, 0.2) is 0 Å². The Morgan fingerprint density at radius 1 is 1.61 bits per heavy atom. The molecular weight excluding hydrogens is 252 g/mol. The van der Waals surface area contributed by atoms with E-state index in [0.717, 1.165) is 30.5 Å². The quantitative estimate of drug-likeness (QED) is 0.918. The highest BCUT2D eigenvalue weighted by molar-refractivity contribution is 6.30. The van der Waals surface area contributed by atoms with Crippen molar-refractivity contribution in [3.8, 4) is 0 Å². The van der Waals surface area contributed by atoms with Gasteiger partial charge in [0, 0.05) is 32.6 Å². The van der Waals surface area contributed by atoms with Crippen LogP contribution in [-0.2, 0) is 18.2 Å². The van der Waals surface area contributed by atoms with Crippen LogP contribution in [0.4, 0.5) is 0 Å². The third-order valence-corrected chi connectivity index (χ3v) is 4.36. The molecule has 0 saturated heterocycles. The van der Waals surface area contributed by atoms with E-state index >= 15 is 0 Å². The lowest BCUT2D eigenvalue weighted by Crippen LogP contribution is -2.40. The molecule has 2 rings (SSSR count). The molecule has 1 aliphatic carbocycles. The zero-order chi connectivity index (χ0) is 13.3. The topological polar surface area (TPSA) is 47.3 Å². The van der Waals surface area contributed by atoms with Crippen LogP contribution in [0, 0.1) is 6.92 Å². The molecule has 1 heterocycles. The second-order valence-electron chi connectivity index (χ2n) is 5.33. The second-order valence-corrected chi connectivity index (χ2v) is 5.69. The summed E-state index contributed by atoms with van der Waals surface area (Å²) in [6, 6.07) is 0. The highest BCUT2D eigenvalue weighted by atomic mass is 35.5. The van der Waals surface area contributed by atoms with E-state index in [1.54, 1.807) is 11.8 Å². The maximum Gasteiger partial charge on any atom is 0.130 e. The van der Waals surface area contributed by atoms with Crippen LogP contribution in [0.25, 0.3) is 0 Å². The third-order valence-electron chi connectivity index (χ3n) is 3.88. The van der Waals surface area contributed by atoms with Gasteiger partial charge in [-0.1, -0.05) is 11.6 Å². The van der Waals surface area contributed by atoms with E-state index in [-0.39, 0.29) is 6.10 Å². The number of aliphatic hydroxyl groups is 1. The van der Waals surface area contributed by atoms with Crippen LogP contribution in [0.5, 0.6) is 0 Å². The van der Waals surface area contributed by atoms with Gasteiger partial charge in [-0.25, -0.2) is 0 Å². The SMILES string of the molecule is COC1CCCC(O)(Cc2c(C)nn(C)c2Cl)C1. The molecule has 0 bridgehead atoms. The predicted molar refractivity (Wildman–Crippen MR) is 70.9 cm³/mol. The number of nitrogens with zero attached hydrogens (tertiary/aromatic N) is 2. The van der Waals surface area contributed by atoms with E-state index in [1.807, 2.05) is 14.0 Å². The summed E-state index contributed by atoms with van der Waals surface area (Å²) in [4.78, 5) is 0. The van der Waals surface area contributed by atoms with Gasteiger partial charge < -0.3 is 9.84 Å². The highest BCUT2D eigenvalue weighted by Crippen LogP contribution is 2.35. The van der Waals surface area contributed by atoms with Crippen LogP contribution in [0.2, 0.25) is 5.15 Å². The Balaban J connectivity index is 2.16. The van der Waals surface area contributed by atoms with Crippen molar-refractivity contribution in [3.05, 3.63) is 16.4 Å². The van der Waals surface area contributed by atoms with Crippen LogP contribution in [0.3, 0.4) is 0 Å². The van der Waals surface area contributed by atoms with E-state index in [9.17, 15) is 5.11 Å². The van der Waals surface area contributed by atoms with Gasteiger partial charge in [0.05, 0.1) is 17.4 Å². The molecule has 102 valence electrons. The molecule has 0 aromatic carbocycles. The van der Waals surface area contributed by atoms with E-state index < -0.39 is 5.60 Å². The summed E-state index contributed by atoms with van der Waals surface area (Å²) in [5.74, 6) is 0. The van der Waals surface area contributed by atoms with E-state index in [1.165, 1.54) is 0 Å². The molecule has 1 fully saturated rings. The van der Waals surface area contributed by atoms with Crippen molar-refractivity contribution in [2.75, 3.05) is 7.11 Å². The first kappa shape index (κ1) is 13.8. The van der Waals surface area contributed by atoms with Gasteiger partial charge in [0.2, 0.25) is 0 Å². The molecule has 2 atom stereocenters. The zero-order valence-electron chi connectivity index (χ0n) is 11.2. The number of aryl methyl sites for hydroxylation is 2. The Labute approximate surface area is 113 Å². The maximum atomic E-state index is 10.7. The Morgan fingerprint density at radius 2 is 2.33 bits per heavy atom. The molecule has 2 unspecified atom stereocenters. The van der Waals surface area contributed by atoms with Crippen molar-refractivity contribution in [3.63, 3.8) is 0 Å². The molecule has 1 saturated carbocycles. The standard InChI is InChI=1S/C13H21ClN2O2/c1-9-11(12(14)16(2)15-9)8-13(17)6-4-5-10(7-13)18-3/h10,17H,4-8H2,1-3H3. The minimum absolute atomic E-state index is 0.152. The van der Waals surface area contributed by atoms with E-state index in [4.69, 9.17) is 16.3 Å². The molecule has 1 N–H and O–H groups in total. The summed E-state index contributed by atoms with van der Waals surface area (Å²) in [6.45, 7) is 1.93. The van der Waals surface area contributed by atoms with Gasteiger partial charge >= 0.3 is 0 Å². The summed E-state index contributed by atoms with van der Waals surface area (Å²) >= 11 is 6.22.